The first-order valence-electron chi connectivity index (χ1n) is 5.29. The Bertz CT molecular complexity index is 327. The zero-order valence-corrected chi connectivity index (χ0v) is 8.98. The van der Waals surface area contributed by atoms with Crippen molar-refractivity contribution in [3.8, 4) is 5.75 Å². The molecule has 0 aromatic heterocycles. The van der Waals surface area contributed by atoms with E-state index in [1.54, 1.807) is 7.11 Å². The van der Waals surface area contributed by atoms with Gasteiger partial charge in [0, 0.05) is 12.5 Å². The third-order valence-corrected chi connectivity index (χ3v) is 2.92. The van der Waals surface area contributed by atoms with Crippen molar-refractivity contribution < 1.29 is 9.47 Å². The first-order chi connectivity index (χ1) is 7.35. The molecule has 2 rings (SSSR count). The second kappa shape index (κ2) is 4.64. The number of hydrogen-bond donors (Lipinski definition) is 1. The van der Waals surface area contributed by atoms with E-state index < -0.39 is 0 Å². The van der Waals surface area contributed by atoms with Crippen LogP contribution < -0.4 is 10.5 Å². The van der Waals surface area contributed by atoms with Gasteiger partial charge < -0.3 is 15.2 Å². The summed E-state index contributed by atoms with van der Waals surface area (Å²) < 4.78 is 10.9. The van der Waals surface area contributed by atoms with E-state index in [0.29, 0.717) is 12.5 Å². The maximum atomic E-state index is 5.59. The summed E-state index contributed by atoms with van der Waals surface area (Å²) in [5, 5.41) is 0. The SMILES string of the molecule is COc1ccccc1C1COC(CN)C1. The van der Waals surface area contributed by atoms with E-state index in [0.717, 1.165) is 18.8 Å². The van der Waals surface area contributed by atoms with Crippen molar-refractivity contribution in [1.29, 1.82) is 0 Å². The highest BCUT2D eigenvalue weighted by atomic mass is 16.5. The van der Waals surface area contributed by atoms with Crippen molar-refractivity contribution in [3.05, 3.63) is 29.8 Å². The van der Waals surface area contributed by atoms with Crippen molar-refractivity contribution in [2.24, 2.45) is 5.73 Å². The fraction of sp³-hybridized carbons (Fsp3) is 0.500. The van der Waals surface area contributed by atoms with E-state index >= 15 is 0 Å². The molecule has 1 aliphatic rings. The molecule has 1 fully saturated rings. The summed E-state index contributed by atoms with van der Waals surface area (Å²) >= 11 is 0. The van der Waals surface area contributed by atoms with Crippen LogP contribution in [0.2, 0.25) is 0 Å². The second-order valence-corrected chi connectivity index (χ2v) is 3.87. The first-order valence-corrected chi connectivity index (χ1v) is 5.29. The number of benzene rings is 1. The molecule has 82 valence electrons. The van der Waals surface area contributed by atoms with Crippen LogP contribution >= 0.6 is 0 Å². The fourth-order valence-electron chi connectivity index (χ4n) is 2.09. The number of ether oxygens (including phenoxy) is 2. The maximum absolute atomic E-state index is 5.59. The monoisotopic (exact) mass is 207 g/mol. The molecular weight excluding hydrogens is 190 g/mol. The van der Waals surface area contributed by atoms with E-state index in [1.165, 1.54) is 5.56 Å². The quantitative estimate of drug-likeness (QED) is 0.817. The van der Waals surface area contributed by atoms with Gasteiger partial charge in [0.15, 0.2) is 0 Å². The molecule has 0 aliphatic carbocycles. The van der Waals surface area contributed by atoms with Crippen molar-refractivity contribution in [2.75, 3.05) is 20.3 Å². The molecule has 0 radical (unpaired) electrons. The third kappa shape index (κ3) is 2.13. The van der Waals surface area contributed by atoms with Crippen LogP contribution in [0.1, 0.15) is 17.9 Å². The molecule has 0 bridgehead atoms. The highest BCUT2D eigenvalue weighted by Gasteiger charge is 2.27. The van der Waals surface area contributed by atoms with Crippen LogP contribution in [0, 0.1) is 0 Å². The Morgan fingerprint density at radius 3 is 2.93 bits per heavy atom. The van der Waals surface area contributed by atoms with Gasteiger partial charge in [-0.1, -0.05) is 18.2 Å². The Morgan fingerprint density at radius 2 is 2.27 bits per heavy atom. The summed E-state index contributed by atoms with van der Waals surface area (Å²) in [6.07, 6.45) is 1.21. The third-order valence-electron chi connectivity index (χ3n) is 2.92. The van der Waals surface area contributed by atoms with Crippen LogP contribution in [0.15, 0.2) is 24.3 Å². The summed E-state index contributed by atoms with van der Waals surface area (Å²) in [5.74, 6) is 1.37. The predicted molar refractivity (Wildman–Crippen MR) is 59.1 cm³/mol. The van der Waals surface area contributed by atoms with E-state index in [4.69, 9.17) is 15.2 Å². The predicted octanol–water partition coefficient (Wildman–Crippen LogP) is 1.53. The molecule has 0 saturated carbocycles. The minimum absolute atomic E-state index is 0.208. The largest absolute Gasteiger partial charge is 0.496 e. The van der Waals surface area contributed by atoms with Crippen LogP contribution in [0.5, 0.6) is 5.75 Å². The Labute approximate surface area is 90.2 Å². The van der Waals surface area contributed by atoms with Gasteiger partial charge in [-0.3, -0.25) is 0 Å². The highest BCUT2D eigenvalue weighted by Crippen LogP contribution is 2.34. The van der Waals surface area contributed by atoms with Gasteiger partial charge in [-0.2, -0.15) is 0 Å². The van der Waals surface area contributed by atoms with Crippen LogP contribution in [-0.2, 0) is 4.74 Å². The van der Waals surface area contributed by atoms with Crippen molar-refractivity contribution >= 4 is 0 Å². The van der Waals surface area contributed by atoms with E-state index in [-0.39, 0.29) is 6.10 Å². The number of methoxy groups -OCH3 is 1. The fourth-order valence-corrected chi connectivity index (χ4v) is 2.09. The second-order valence-electron chi connectivity index (χ2n) is 3.87. The molecule has 3 heteroatoms. The average molecular weight is 207 g/mol. The lowest BCUT2D eigenvalue weighted by atomic mass is 9.95. The van der Waals surface area contributed by atoms with Gasteiger partial charge in [0.25, 0.3) is 0 Å². The van der Waals surface area contributed by atoms with Gasteiger partial charge in [0.2, 0.25) is 0 Å². The summed E-state index contributed by atoms with van der Waals surface area (Å²) in [6.45, 7) is 1.36. The van der Waals surface area contributed by atoms with Crippen LogP contribution in [0.3, 0.4) is 0 Å². The molecule has 1 saturated heterocycles. The van der Waals surface area contributed by atoms with Crippen molar-refractivity contribution in [1.82, 2.24) is 0 Å². The van der Waals surface area contributed by atoms with Crippen LogP contribution in [-0.4, -0.2) is 26.4 Å². The van der Waals surface area contributed by atoms with Gasteiger partial charge in [-0.15, -0.1) is 0 Å². The Kier molecular flexibility index (Phi) is 3.23. The minimum atomic E-state index is 0.208. The van der Waals surface area contributed by atoms with Crippen LogP contribution in [0.25, 0.3) is 0 Å². The lowest BCUT2D eigenvalue weighted by molar-refractivity contribution is 0.115. The number of rotatable bonds is 3. The summed E-state index contributed by atoms with van der Waals surface area (Å²) in [4.78, 5) is 0. The van der Waals surface area contributed by atoms with E-state index in [9.17, 15) is 0 Å². The van der Waals surface area contributed by atoms with Gasteiger partial charge >= 0.3 is 0 Å². The molecule has 1 aliphatic heterocycles. The van der Waals surface area contributed by atoms with Crippen molar-refractivity contribution in [3.63, 3.8) is 0 Å². The Balaban J connectivity index is 2.16. The Hall–Kier alpha value is -1.06. The Morgan fingerprint density at radius 1 is 1.47 bits per heavy atom. The van der Waals surface area contributed by atoms with Crippen molar-refractivity contribution in [2.45, 2.75) is 18.4 Å². The molecule has 2 unspecified atom stereocenters. The molecule has 2 atom stereocenters. The molecule has 0 spiro atoms. The molecule has 1 heterocycles. The highest BCUT2D eigenvalue weighted by molar-refractivity contribution is 5.36. The first kappa shape index (κ1) is 10.5. The molecule has 0 amide bonds. The summed E-state index contributed by atoms with van der Waals surface area (Å²) in [5.41, 5.74) is 6.82. The number of para-hydroxylation sites is 1. The normalized spacial score (nSPS) is 25.5. The van der Waals surface area contributed by atoms with Gasteiger partial charge in [-0.25, -0.2) is 0 Å². The molecule has 1 aromatic rings. The van der Waals surface area contributed by atoms with E-state index in [1.807, 2.05) is 18.2 Å². The number of hydrogen-bond acceptors (Lipinski definition) is 3. The van der Waals surface area contributed by atoms with Gasteiger partial charge in [0.1, 0.15) is 5.75 Å². The smallest absolute Gasteiger partial charge is 0.122 e. The molecule has 15 heavy (non-hydrogen) atoms. The lowest BCUT2D eigenvalue weighted by Gasteiger charge is -2.12. The topological polar surface area (TPSA) is 44.5 Å². The van der Waals surface area contributed by atoms with E-state index in [2.05, 4.69) is 6.07 Å². The molecule has 1 aromatic carbocycles. The maximum Gasteiger partial charge on any atom is 0.122 e. The van der Waals surface area contributed by atoms with Gasteiger partial charge in [0.05, 0.1) is 19.8 Å². The van der Waals surface area contributed by atoms with Crippen LogP contribution in [0.4, 0.5) is 0 Å². The average Bonchev–Trinajstić information content (AvgIpc) is 2.77. The molecule has 3 nitrogen and oxygen atoms in total. The lowest BCUT2D eigenvalue weighted by Crippen LogP contribution is -2.18. The standard InChI is InChI=1S/C12H17NO2/c1-14-12-5-3-2-4-11(12)9-6-10(7-13)15-8-9/h2-5,9-10H,6-8,13H2,1H3. The summed E-state index contributed by atoms with van der Waals surface area (Å²) in [6, 6.07) is 8.11. The van der Waals surface area contributed by atoms with Gasteiger partial charge in [-0.05, 0) is 18.1 Å². The zero-order chi connectivity index (χ0) is 10.7. The minimum Gasteiger partial charge on any atom is -0.496 e. The summed E-state index contributed by atoms with van der Waals surface area (Å²) in [7, 11) is 1.70. The number of nitrogens with two attached hydrogens (primary N) is 1. The molecular formula is C12H17NO2. The zero-order valence-electron chi connectivity index (χ0n) is 8.98. The molecule has 2 N–H and O–H groups in total.